The highest BCUT2D eigenvalue weighted by atomic mass is 32.2. The van der Waals surface area contributed by atoms with E-state index in [4.69, 9.17) is 0 Å². The lowest BCUT2D eigenvalue weighted by Gasteiger charge is -2.22. The molecule has 1 fully saturated rings. The van der Waals surface area contributed by atoms with E-state index in [0.29, 0.717) is 11.5 Å². The highest BCUT2D eigenvalue weighted by molar-refractivity contribution is 7.91. The summed E-state index contributed by atoms with van der Waals surface area (Å²) in [5, 5.41) is 3.37. The van der Waals surface area contributed by atoms with Crippen molar-refractivity contribution in [2.45, 2.75) is 39.3 Å². The number of aryl methyl sites for hydroxylation is 2. The molecule has 17 heavy (non-hydrogen) atoms. The van der Waals surface area contributed by atoms with Crippen molar-refractivity contribution in [1.29, 1.82) is 0 Å². The lowest BCUT2D eigenvalue weighted by atomic mass is 10.2. The fourth-order valence-electron chi connectivity index (χ4n) is 2.17. The third-order valence-corrected chi connectivity index (χ3v) is 6.22. The molecule has 3 nitrogen and oxygen atoms in total. The van der Waals surface area contributed by atoms with E-state index in [2.05, 4.69) is 25.2 Å². The van der Waals surface area contributed by atoms with Crippen molar-refractivity contribution in [2.75, 3.05) is 11.5 Å². The van der Waals surface area contributed by atoms with Crippen molar-refractivity contribution in [1.82, 2.24) is 5.32 Å². The molecule has 96 valence electrons. The van der Waals surface area contributed by atoms with Crippen LogP contribution in [0.15, 0.2) is 6.07 Å². The van der Waals surface area contributed by atoms with Crippen LogP contribution in [0.3, 0.4) is 0 Å². The normalized spacial score (nSPS) is 23.8. The Balaban J connectivity index is 1.90. The fourth-order valence-corrected chi connectivity index (χ4v) is 4.84. The summed E-state index contributed by atoms with van der Waals surface area (Å²) < 4.78 is 23.0. The Hall–Kier alpha value is -0.390. The van der Waals surface area contributed by atoms with Crippen molar-refractivity contribution in [3.05, 3.63) is 21.4 Å². The van der Waals surface area contributed by atoms with E-state index < -0.39 is 9.84 Å². The lowest BCUT2D eigenvalue weighted by molar-refractivity contribution is 0.482. The summed E-state index contributed by atoms with van der Waals surface area (Å²) in [6, 6.07) is 2.32. The largest absolute Gasteiger partial charge is 0.308 e. The van der Waals surface area contributed by atoms with Crippen LogP contribution in [0.4, 0.5) is 0 Å². The van der Waals surface area contributed by atoms with Crippen molar-refractivity contribution < 1.29 is 8.42 Å². The summed E-state index contributed by atoms with van der Waals surface area (Å²) in [6.45, 7) is 5.02. The number of rotatable bonds is 3. The molecule has 1 saturated heterocycles. The molecule has 0 aromatic carbocycles. The van der Waals surface area contributed by atoms with Gasteiger partial charge in [0.25, 0.3) is 0 Å². The quantitative estimate of drug-likeness (QED) is 0.916. The minimum Gasteiger partial charge on any atom is -0.308 e. The second-order valence-electron chi connectivity index (χ2n) is 4.79. The van der Waals surface area contributed by atoms with Gasteiger partial charge in [0.2, 0.25) is 0 Å². The predicted molar refractivity (Wildman–Crippen MR) is 72.3 cm³/mol. The van der Waals surface area contributed by atoms with Crippen molar-refractivity contribution in [3.8, 4) is 0 Å². The van der Waals surface area contributed by atoms with E-state index in [1.807, 2.05) is 0 Å². The molecule has 1 aromatic rings. The standard InChI is InChI=1S/C12H19NO2S2/c1-9-6-12(16-10(9)2)7-13-11-4-3-5-17(14,15)8-11/h6,11,13H,3-5,7-8H2,1-2H3. The van der Waals surface area contributed by atoms with Crippen LogP contribution in [0.1, 0.15) is 28.2 Å². The van der Waals surface area contributed by atoms with Gasteiger partial charge in [0.15, 0.2) is 9.84 Å². The predicted octanol–water partition coefficient (Wildman–Crippen LogP) is 2.03. The van der Waals surface area contributed by atoms with Gasteiger partial charge in [-0.25, -0.2) is 8.42 Å². The molecule has 0 saturated carbocycles. The highest BCUT2D eigenvalue weighted by Crippen LogP contribution is 2.21. The molecule has 0 aliphatic carbocycles. The topological polar surface area (TPSA) is 46.2 Å². The van der Waals surface area contributed by atoms with E-state index >= 15 is 0 Å². The Kier molecular flexibility index (Phi) is 3.90. The molecule has 2 rings (SSSR count). The molecule has 1 N–H and O–H groups in total. The number of sulfone groups is 1. The van der Waals surface area contributed by atoms with Crippen LogP contribution in [-0.4, -0.2) is 26.0 Å². The van der Waals surface area contributed by atoms with Gasteiger partial charge in [-0.15, -0.1) is 11.3 Å². The van der Waals surface area contributed by atoms with Gasteiger partial charge in [-0.1, -0.05) is 0 Å². The first kappa shape index (κ1) is 13.1. The van der Waals surface area contributed by atoms with Gasteiger partial charge in [0.05, 0.1) is 11.5 Å². The average molecular weight is 273 g/mol. The summed E-state index contributed by atoms with van der Waals surface area (Å²) in [6.07, 6.45) is 1.77. The highest BCUT2D eigenvalue weighted by Gasteiger charge is 2.24. The number of hydrogen-bond donors (Lipinski definition) is 1. The summed E-state index contributed by atoms with van der Waals surface area (Å²) in [7, 11) is -2.80. The molecule has 0 spiro atoms. The smallest absolute Gasteiger partial charge is 0.151 e. The van der Waals surface area contributed by atoms with E-state index in [1.165, 1.54) is 15.3 Å². The third kappa shape index (κ3) is 3.53. The number of thiophene rings is 1. The minimum absolute atomic E-state index is 0.136. The second-order valence-corrected chi connectivity index (χ2v) is 8.36. The van der Waals surface area contributed by atoms with Crippen LogP contribution < -0.4 is 5.32 Å². The van der Waals surface area contributed by atoms with Crippen molar-refractivity contribution in [2.24, 2.45) is 0 Å². The van der Waals surface area contributed by atoms with Crippen LogP contribution in [0.25, 0.3) is 0 Å². The molecular formula is C12H19NO2S2. The van der Waals surface area contributed by atoms with Crippen LogP contribution in [0, 0.1) is 13.8 Å². The second kappa shape index (κ2) is 5.08. The molecule has 5 heteroatoms. The summed E-state index contributed by atoms with van der Waals surface area (Å²) in [4.78, 5) is 2.64. The van der Waals surface area contributed by atoms with Gasteiger partial charge < -0.3 is 5.32 Å². The SMILES string of the molecule is Cc1cc(CNC2CCCS(=O)(=O)C2)sc1C. The monoisotopic (exact) mass is 273 g/mol. The van der Waals surface area contributed by atoms with E-state index in [-0.39, 0.29) is 6.04 Å². The van der Waals surface area contributed by atoms with Gasteiger partial charge in [-0.05, 0) is 38.3 Å². The molecule has 1 atom stereocenters. The summed E-state index contributed by atoms with van der Waals surface area (Å²) in [5.41, 5.74) is 1.32. The summed E-state index contributed by atoms with van der Waals surface area (Å²) in [5.74, 6) is 0.665. The lowest BCUT2D eigenvalue weighted by Crippen LogP contribution is -2.39. The molecule has 0 radical (unpaired) electrons. The average Bonchev–Trinajstić information content (AvgIpc) is 2.54. The molecule has 2 heterocycles. The molecule has 1 aliphatic rings. The van der Waals surface area contributed by atoms with Crippen LogP contribution >= 0.6 is 11.3 Å². The van der Waals surface area contributed by atoms with Crippen LogP contribution in [0.5, 0.6) is 0 Å². The van der Waals surface area contributed by atoms with E-state index in [1.54, 1.807) is 11.3 Å². The Morgan fingerprint density at radius 1 is 1.47 bits per heavy atom. The Labute approximate surface area is 107 Å². The van der Waals surface area contributed by atoms with E-state index in [9.17, 15) is 8.42 Å². The Morgan fingerprint density at radius 3 is 2.82 bits per heavy atom. The van der Waals surface area contributed by atoms with Crippen LogP contribution in [0.2, 0.25) is 0 Å². The molecule has 0 bridgehead atoms. The molecule has 1 unspecified atom stereocenters. The number of nitrogens with one attached hydrogen (secondary N) is 1. The van der Waals surface area contributed by atoms with Gasteiger partial charge in [-0.3, -0.25) is 0 Å². The zero-order valence-corrected chi connectivity index (χ0v) is 12.0. The maximum atomic E-state index is 11.5. The maximum absolute atomic E-state index is 11.5. The van der Waals surface area contributed by atoms with Crippen LogP contribution in [-0.2, 0) is 16.4 Å². The molecule has 1 aliphatic heterocycles. The molecule has 1 aromatic heterocycles. The fraction of sp³-hybridized carbons (Fsp3) is 0.667. The Morgan fingerprint density at radius 2 is 2.24 bits per heavy atom. The first-order valence-electron chi connectivity index (χ1n) is 5.96. The van der Waals surface area contributed by atoms with Crippen molar-refractivity contribution >= 4 is 21.2 Å². The van der Waals surface area contributed by atoms with Gasteiger partial charge in [0, 0.05) is 22.3 Å². The summed E-state index contributed by atoms with van der Waals surface area (Å²) >= 11 is 1.79. The Bertz CT molecular complexity index is 471. The van der Waals surface area contributed by atoms with Gasteiger partial charge >= 0.3 is 0 Å². The van der Waals surface area contributed by atoms with Crippen molar-refractivity contribution in [3.63, 3.8) is 0 Å². The zero-order valence-electron chi connectivity index (χ0n) is 10.3. The van der Waals surface area contributed by atoms with Gasteiger partial charge in [0.1, 0.15) is 0 Å². The molecular weight excluding hydrogens is 254 g/mol. The van der Waals surface area contributed by atoms with E-state index in [0.717, 1.165) is 19.4 Å². The molecule has 0 amide bonds. The zero-order chi connectivity index (χ0) is 12.5. The minimum atomic E-state index is -2.80. The number of hydrogen-bond acceptors (Lipinski definition) is 4. The van der Waals surface area contributed by atoms with Gasteiger partial charge in [-0.2, -0.15) is 0 Å². The first-order valence-corrected chi connectivity index (χ1v) is 8.60. The first-order chi connectivity index (χ1) is 7.96. The third-order valence-electron chi connectivity index (χ3n) is 3.25. The maximum Gasteiger partial charge on any atom is 0.151 e.